The fourth-order valence-electron chi connectivity index (χ4n) is 4.88. The number of para-hydroxylation sites is 2. The number of nitrogens with one attached hydrogen (secondary N) is 1. The summed E-state index contributed by atoms with van der Waals surface area (Å²) in [6.45, 7) is 1.08. The van der Waals surface area contributed by atoms with E-state index in [1.54, 1.807) is 31.2 Å². The van der Waals surface area contributed by atoms with Gasteiger partial charge in [0.2, 0.25) is 11.8 Å². The zero-order chi connectivity index (χ0) is 32.4. The maximum Gasteiger partial charge on any atom is 0.264 e. The topological polar surface area (TPSA) is 105 Å². The van der Waals surface area contributed by atoms with Crippen LogP contribution in [0.1, 0.15) is 18.1 Å². The highest BCUT2D eigenvalue weighted by molar-refractivity contribution is 7.92. The third-order valence-electron chi connectivity index (χ3n) is 7.20. The van der Waals surface area contributed by atoms with Gasteiger partial charge in [-0.05, 0) is 55.0 Å². The molecular formula is C34H36FN3O6S. The van der Waals surface area contributed by atoms with Crippen LogP contribution in [0.3, 0.4) is 0 Å². The molecule has 2 amide bonds. The molecule has 4 aromatic carbocycles. The molecule has 0 aliphatic rings. The lowest BCUT2D eigenvalue weighted by Crippen LogP contribution is -2.53. The zero-order valence-electron chi connectivity index (χ0n) is 25.4. The molecule has 0 aromatic heterocycles. The molecule has 0 saturated heterocycles. The fourth-order valence-corrected chi connectivity index (χ4v) is 6.30. The van der Waals surface area contributed by atoms with Gasteiger partial charge in [-0.3, -0.25) is 13.9 Å². The second kappa shape index (κ2) is 15.2. The number of likely N-dealkylation sites (N-methyl/N-ethyl adjacent to an activating group) is 1. The molecule has 4 rings (SSSR count). The molecule has 4 aromatic rings. The summed E-state index contributed by atoms with van der Waals surface area (Å²) in [6, 6.07) is 26.2. The van der Waals surface area contributed by atoms with Crippen LogP contribution in [0.15, 0.2) is 108 Å². The predicted molar refractivity (Wildman–Crippen MR) is 170 cm³/mol. The SMILES string of the molecule is CCNC(=O)[C@H](Cc1ccccc1)N(Cc1ccccc1F)C(=O)CN(c1ccccc1OC)S(=O)(=O)c1ccc(OC)cc1. The van der Waals surface area contributed by atoms with Crippen LogP contribution in [-0.2, 0) is 32.6 Å². The maximum atomic E-state index is 15.0. The fraction of sp³-hybridized carbons (Fsp3) is 0.235. The first-order chi connectivity index (χ1) is 21.7. The highest BCUT2D eigenvalue weighted by atomic mass is 32.2. The second-order valence-corrected chi connectivity index (χ2v) is 11.9. The number of hydrogen-bond donors (Lipinski definition) is 1. The first kappa shape index (κ1) is 33.0. The van der Waals surface area contributed by atoms with Crippen LogP contribution in [0.5, 0.6) is 11.5 Å². The van der Waals surface area contributed by atoms with Crippen molar-refractivity contribution >= 4 is 27.5 Å². The lowest BCUT2D eigenvalue weighted by atomic mass is 10.0. The van der Waals surface area contributed by atoms with Gasteiger partial charge in [-0.1, -0.05) is 60.7 Å². The minimum Gasteiger partial charge on any atom is -0.497 e. The zero-order valence-corrected chi connectivity index (χ0v) is 26.2. The number of methoxy groups -OCH3 is 2. The minimum absolute atomic E-state index is 0.0905. The third-order valence-corrected chi connectivity index (χ3v) is 8.97. The Balaban J connectivity index is 1.83. The van der Waals surface area contributed by atoms with Crippen molar-refractivity contribution in [3.63, 3.8) is 0 Å². The summed E-state index contributed by atoms with van der Waals surface area (Å²) in [5, 5.41) is 2.78. The van der Waals surface area contributed by atoms with Crippen molar-refractivity contribution in [1.82, 2.24) is 10.2 Å². The Labute approximate surface area is 263 Å². The molecule has 11 heteroatoms. The molecule has 0 bridgehead atoms. The second-order valence-electron chi connectivity index (χ2n) is 10.1. The molecule has 0 radical (unpaired) electrons. The van der Waals surface area contributed by atoms with Gasteiger partial charge in [0.25, 0.3) is 10.0 Å². The third kappa shape index (κ3) is 7.98. The van der Waals surface area contributed by atoms with E-state index in [9.17, 15) is 22.4 Å². The van der Waals surface area contributed by atoms with E-state index < -0.39 is 40.2 Å². The number of hydrogen-bond acceptors (Lipinski definition) is 6. The van der Waals surface area contributed by atoms with Crippen LogP contribution < -0.4 is 19.1 Å². The number of ether oxygens (including phenoxy) is 2. The molecule has 9 nitrogen and oxygen atoms in total. The maximum absolute atomic E-state index is 15.0. The van der Waals surface area contributed by atoms with E-state index in [0.29, 0.717) is 12.3 Å². The van der Waals surface area contributed by atoms with Gasteiger partial charge in [0.15, 0.2) is 0 Å². The summed E-state index contributed by atoms with van der Waals surface area (Å²) >= 11 is 0. The monoisotopic (exact) mass is 633 g/mol. The van der Waals surface area contributed by atoms with Gasteiger partial charge in [-0.25, -0.2) is 12.8 Å². The van der Waals surface area contributed by atoms with Gasteiger partial charge >= 0.3 is 0 Å². The summed E-state index contributed by atoms with van der Waals surface area (Å²) in [5.41, 5.74) is 1.07. The number of halogens is 1. The molecule has 0 unspecified atom stereocenters. The first-order valence-corrected chi connectivity index (χ1v) is 15.8. The average Bonchev–Trinajstić information content (AvgIpc) is 3.06. The van der Waals surface area contributed by atoms with Gasteiger partial charge in [0.1, 0.15) is 29.9 Å². The van der Waals surface area contributed by atoms with Crippen molar-refractivity contribution in [2.75, 3.05) is 31.6 Å². The van der Waals surface area contributed by atoms with E-state index in [1.807, 2.05) is 30.3 Å². The molecule has 0 saturated carbocycles. The predicted octanol–water partition coefficient (Wildman–Crippen LogP) is 4.81. The van der Waals surface area contributed by atoms with Crippen LogP contribution in [0.2, 0.25) is 0 Å². The Kier molecular flexibility index (Phi) is 11.2. The van der Waals surface area contributed by atoms with Crippen molar-refractivity contribution in [3.8, 4) is 11.5 Å². The average molecular weight is 634 g/mol. The van der Waals surface area contributed by atoms with E-state index in [2.05, 4.69) is 5.32 Å². The Morgan fingerprint density at radius 1 is 0.844 bits per heavy atom. The van der Waals surface area contributed by atoms with E-state index >= 15 is 0 Å². The summed E-state index contributed by atoms with van der Waals surface area (Å²) in [7, 11) is -1.50. The van der Waals surface area contributed by atoms with Crippen LogP contribution >= 0.6 is 0 Å². The lowest BCUT2D eigenvalue weighted by Gasteiger charge is -2.34. The Morgan fingerprint density at radius 3 is 2.13 bits per heavy atom. The number of nitrogens with zero attached hydrogens (tertiary/aromatic N) is 2. The molecule has 1 atom stereocenters. The van der Waals surface area contributed by atoms with Gasteiger partial charge in [-0.15, -0.1) is 0 Å². The van der Waals surface area contributed by atoms with Crippen molar-refractivity contribution < 1.29 is 31.9 Å². The highest BCUT2D eigenvalue weighted by Gasteiger charge is 2.35. The molecular weight excluding hydrogens is 597 g/mol. The van der Waals surface area contributed by atoms with Crippen LogP contribution in [-0.4, -0.2) is 58.5 Å². The highest BCUT2D eigenvalue weighted by Crippen LogP contribution is 2.33. The van der Waals surface area contributed by atoms with Crippen molar-refractivity contribution in [1.29, 1.82) is 0 Å². The van der Waals surface area contributed by atoms with E-state index in [0.717, 1.165) is 9.87 Å². The largest absolute Gasteiger partial charge is 0.497 e. The molecule has 45 heavy (non-hydrogen) atoms. The number of carbonyl (C=O) groups is 2. The van der Waals surface area contributed by atoms with E-state index in [1.165, 1.54) is 67.7 Å². The summed E-state index contributed by atoms with van der Waals surface area (Å²) in [4.78, 5) is 29.1. The Bertz CT molecular complexity index is 1700. The van der Waals surface area contributed by atoms with Gasteiger partial charge in [0.05, 0.1) is 24.8 Å². The van der Waals surface area contributed by atoms with Crippen molar-refractivity contribution in [2.45, 2.75) is 30.8 Å². The lowest BCUT2D eigenvalue weighted by molar-refractivity contribution is -0.140. The van der Waals surface area contributed by atoms with Gasteiger partial charge < -0.3 is 19.7 Å². The molecule has 0 aliphatic carbocycles. The number of rotatable bonds is 14. The summed E-state index contributed by atoms with van der Waals surface area (Å²) in [6.07, 6.45) is 0.118. The number of benzene rings is 4. The summed E-state index contributed by atoms with van der Waals surface area (Å²) < 4.78 is 55.0. The van der Waals surface area contributed by atoms with Gasteiger partial charge in [0, 0.05) is 25.1 Å². The number of sulfonamides is 1. The molecule has 1 N–H and O–H groups in total. The molecule has 0 spiro atoms. The van der Waals surface area contributed by atoms with E-state index in [-0.39, 0.29) is 34.9 Å². The quantitative estimate of drug-likeness (QED) is 0.214. The Hall–Kier alpha value is -4.90. The van der Waals surface area contributed by atoms with Crippen LogP contribution in [0.25, 0.3) is 0 Å². The number of anilines is 1. The van der Waals surface area contributed by atoms with Gasteiger partial charge in [-0.2, -0.15) is 0 Å². The normalized spacial score (nSPS) is 11.7. The smallest absolute Gasteiger partial charge is 0.264 e. The van der Waals surface area contributed by atoms with Crippen molar-refractivity contribution in [2.24, 2.45) is 0 Å². The minimum atomic E-state index is -4.36. The molecule has 0 heterocycles. The molecule has 0 fully saturated rings. The first-order valence-electron chi connectivity index (χ1n) is 14.3. The standard InChI is InChI=1S/C34H36FN3O6S/c1-4-36-34(40)31(22-25-12-6-5-7-13-25)37(23-26-14-8-9-15-29(26)35)33(39)24-38(30-16-10-11-17-32(30)44-3)45(41,42)28-20-18-27(43-2)19-21-28/h5-21,31H,4,22-24H2,1-3H3,(H,36,40)/t31-/m0/s1. The Morgan fingerprint density at radius 2 is 1.49 bits per heavy atom. The number of amides is 2. The summed E-state index contributed by atoms with van der Waals surface area (Å²) in [5.74, 6) is -1.05. The van der Waals surface area contributed by atoms with Crippen LogP contribution in [0.4, 0.5) is 10.1 Å². The van der Waals surface area contributed by atoms with Crippen LogP contribution in [0, 0.1) is 5.82 Å². The number of carbonyl (C=O) groups excluding carboxylic acids is 2. The molecule has 0 aliphatic heterocycles. The molecule has 236 valence electrons. The van der Waals surface area contributed by atoms with E-state index in [4.69, 9.17) is 9.47 Å². The van der Waals surface area contributed by atoms with Crippen molar-refractivity contribution in [3.05, 3.63) is 120 Å².